The van der Waals surface area contributed by atoms with Gasteiger partial charge in [0.2, 0.25) is 11.8 Å². The highest BCUT2D eigenvalue weighted by atomic mass is 35.5. The number of carbonyl (C=O) groups is 2. The SMILES string of the molecule is CC[C@H](C(=O)NCC(C)C)N(Cc1ccc(Cl)c(Cl)c1)C(=O)CN(c1ccc(Cl)c(C(F)(F)F)c1)S(=O)(=O)c1ccccc1. The Morgan fingerprint density at radius 1 is 0.909 bits per heavy atom. The average molecular weight is 693 g/mol. The summed E-state index contributed by atoms with van der Waals surface area (Å²) in [5.41, 5.74) is -1.22. The lowest BCUT2D eigenvalue weighted by Gasteiger charge is -2.33. The normalized spacial score (nSPS) is 12.6. The minimum atomic E-state index is -4.90. The second-order valence-electron chi connectivity index (χ2n) is 10.3. The summed E-state index contributed by atoms with van der Waals surface area (Å²) >= 11 is 18.0. The maximum Gasteiger partial charge on any atom is 0.417 e. The minimum Gasteiger partial charge on any atom is -0.354 e. The van der Waals surface area contributed by atoms with Gasteiger partial charge in [0.25, 0.3) is 10.0 Å². The van der Waals surface area contributed by atoms with Gasteiger partial charge in [0, 0.05) is 13.1 Å². The Morgan fingerprint density at radius 2 is 1.55 bits per heavy atom. The van der Waals surface area contributed by atoms with Crippen molar-refractivity contribution in [3.63, 3.8) is 0 Å². The fraction of sp³-hybridized carbons (Fsp3) is 0.333. The number of benzene rings is 3. The number of hydrogen-bond donors (Lipinski definition) is 1. The molecule has 0 heterocycles. The van der Waals surface area contributed by atoms with Crippen molar-refractivity contribution in [2.45, 2.75) is 50.9 Å². The van der Waals surface area contributed by atoms with Gasteiger partial charge < -0.3 is 10.2 Å². The fourth-order valence-electron chi connectivity index (χ4n) is 4.31. The fourth-order valence-corrected chi connectivity index (χ4v) is 6.28. The van der Waals surface area contributed by atoms with Crippen LogP contribution in [0.5, 0.6) is 0 Å². The molecule has 44 heavy (non-hydrogen) atoms. The van der Waals surface area contributed by atoms with Crippen molar-refractivity contribution < 1.29 is 31.2 Å². The summed E-state index contributed by atoms with van der Waals surface area (Å²) in [5, 5.41) is 2.61. The number of nitrogens with one attached hydrogen (secondary N) is 1. The van der Waals surface area contributed by atoms with Gasteiger partial charge in [-0.15, -0.1) is 0 Å². The summed E-state index contributed by atoms with van der Waals surface area (Å²) in [6, 6.07) is 13.1. The number of hydrogen-bond acceptors (Lipinski definition) is 4. The number of carbonyl (C=O) groups excluding carboxylic acids is 2. The smallest absolute Gasteiger partial charge is 0.354 e. The molecule has 0 aliphatic carbocycles. The maximum absolute atomic E-state index is 14.1. The maximum atomic E-state index is 14.1. The molecule has 0 aliphatic rings. The van der Waals surface area contributed by atoms with E-state index in [2.05, 4.69) is 5.32 Å². The molecule has 0 saturated carbocycles. The topological polar surface area (TPSA) is 86.8 Å². The van der Waals surface area contributed by atoms with Gasteiger partial charge in [-0.05, 0) is 60.4 Å². The van der Waals surface area contributed by atoms with Crippen LogP contribution in [-0.4, -0.2) is 44.3 Å². The molecule has 0 spiro atoms. The van der Waals surface area contributed by atoms with Crippen LogP contribution in [0.4, 0.5) is 18.9 Å². The van der Waals surface area contributed by atoms with E-state index in [4.69, 9.17) is 34.8 Å². The second-order valence-corrected chi connectivity index (χ2v) is 13.4. The number of nitrogens with zero attached hydrogens (tertiary/aromatic N) is 2. The van der Waals surface area contributed by atoms with Crippen molar-refractivity contribution in [1.29, 1.82) is 0 Å². The number of anilines is 1. The third-order valence-corrected chi connectivity index (χ3v) is 9.42. The predicted octanol–water partition coefficient (Wildman–Crippen LogP) is 7.44. The molecule has 0 fully saturated rings. The van der Waals surface area contributed by atoms with Crippen LogP contribution in [0.2, 0.25) is 15.1 Å². The second kappa shape index (κ2) is 14.9. The number of sulfonamides is 1. The molecule has 0 aromatic heterocycles. The van der Waals surface area contributed by atoms with Gasteiger partial charge in [-0.25, -0.2) is 8.42 Å². The van der Waals surface area contributed by atoms with E-state index in [1.807, 2.05) is 13.8 Å². The highest BCUT2D eigenvalue weighted by Gasteiger charge is 2.37. The Bertz CT molecular complexity index is 1590. The highest BCUT2D eigenvalue weighted by Crippen LogP contribution is 2.38. The first-order chi connectivity index (χ1) is 20.6. The first kappa shape index (κ1) is 35.5. The molecular formula is C30H31Cl3F3N3O4S. The standard InChI is InChI=1S/C30H31Cl3F3N3O4S/c1-4-27(29(41)37-16-19(2)3)38(17-20-10-12-25(32)26(33)14-20)28(40)18-39(44(42,43)22-8-6-5-7-9-22)21-11-13-24(31)23(15-21)30(34,35)36/h5-15,19,27H,4,16-18H2,1-3H3,(H,37,41)/t27-/m1/s1. The van der Waals surface area contributed by atoms with Gasteiger partial charge in [-0.3, -0.25) is 13.9 Å². The molecule has 0 bridgehead atoms. The van der Waals surface area contributed by atoms with Crippen molar-refractivity contribution in [3.05, 3.63) is 92.9 Å². The largest absolute Gasteiger partial charge is 0.417 e. The van der Waals surface area contributed by atoms with Gasteiger partial charge in [-0.2, -0.15) is 13.2 Å². The van der Waals surface area contributed by atoms with Crippen LogP contribution >= 0.6 is 34.8 Å². The van der Waals surface area contributed by atoms with E-state index in [1.165, 1.54) is 41.3 Å². The van der Waals surface area contributed by atoms with Gasteiger partial charge in [0.1, 0.15) is 12.6 Å². The molecule has 3 aromatic carbocycles. The zero-order valence-corrected chi connectivity index (χ0v) is 27.1. The Morgan fingerprint density at radius 3 is 2.11 bits per heavy atom. The molecule has 0 unspecified atom stereocenters. The summed E-state index contributed by atoms with van der Waals surface area (Å²) in [5.74, 6) is -1.21. The zero-order valence-electron chi connectivity index (χ0n) is 24.0. The summed E-state index contributed by atoms with van der Waals surface area (Å²) in [4.78, 5) is 28.3. The lowest BCUT2D eigenvalue weighted by Crippen LogP contribution is -2.52. The van der Waals surface area contributed by atoms with Crippen molar-refractivity contribution >= 4 is 62.3 Å². The van der Waals surface area contributed by atoms with Crippen LogP contribution in [0.1, 0.15) is 38.3 Å². The molecule has 1 N–H and O–H groups in total. The first-order valence-corrected chi connectivity index (χ1v) is 16.1. The van der Waals surface area contributed by atoms with Crippen LogP contribution in [0.15, 0.2) is 71.6 Å². The summed E-state index contributed by atoms with van der Waals surface area (Å²) < 4.78 is 69.6. The van der Waals surface area contributed by atoms with Crippen molar-refractivity contribution in [1.82, 2.24) is 10.2 Å². The minimum absolute atomic E-state index is 0.106. The average Bonchev–Trinajstić information content (AvgIpc) is 2.96. The van der Waals surface area contributed by atoms with Crippen LogP contribution in [0, 0.1) is 5.92 Å². The quantitative estimate of drug-likeness (QED) is 0.214. The van der Waals surface area contributed by atoms with Crippen LogP contribution in [0.3, 0.4) is 0 Å². The molecule has 7 nitrogen and oxygen atoms in total. The highest BCUT2D eigenvalue weighted by molar-refractivity contribution is 7.92. The van der Waals surface area contributed by atoms with Crippen LogP contribution in [-0.2, 0) is 32.3 Å². The summed E-state index contributed by atoms with van der Waals surface area (Å²) in [6.07, 6.45) is -4.75. The molecule has 3 rings (SSSR count). The molecule has 0 aliphatic heterocycles. The van der Waals surface area contributed by atoms with Crippen molar-refractivity contribution in [2.75, 3.05) is 17.4 Å². The first-order valence-electron chi connectivity index (χ1n) is 13.5. The lowest BCUT2D eigenvalue weighted by atomic mass is 10.1. The molecule has 1 atom stereocenters. The number of halogens is 6. The van der Waals surface area contributed by atoms with Gasteiger partial charge in [0.15, 0.2) is 0 Å². The molecule has 238 valence electrons. The Kier molecular flexibility index (Phi) is 12.0. The van der Waals surface area contributed by atoms with Gasteiger partial charge in [-0.1, -0.05) is 79.8 Å². The van der Waals surface area contributed by atoms with E-state index in [-0.39, 0.29) is 33.8 Å². The van der Waals surface area contributed by atoms with E-state index < -0.39 is 56.9 Å². The van der Waals surface area contributed by atoms with E-state index in [1.54, 1.807) is 19.1 Å². The Balaban J connectivity index is 2.14. The lowest BCUT2D eigenvalue weighted by molar-refractivity contribution is -0.140. The summed E-state index contributed by atoms with van der Waals surface area (Å²) in [7, 11) is -4.58. The monoisotopic (exact) mass is 691 g/mol. The zero-order chi connectivity index (χ0) is 32.8. The van der Waals surface area contributed by atoms with Crippen molar-refractivity contribution in [3.8, 4) is 0 Å². The van der Waals surface area contributed by atoms with Gasteiger partial charge >= 0.3 is 6.18 Å². The molecule has 0 saturated heterocycles. The third-order valence-electron chi connectivity index (χ3n) is 6.56. The third kappa shape index (κ3) is 8.80. The van der Waals surface area contributed by atoms with Crippen LogP contribution < -0.4 is 9.62 Å². The number of alkyl halides is 3. The number of amides is 2. The Labute approximate surface area is 269 Å². The van der Waals surface area contributed by atoms with Crippen LogP contribution in [0.25, 0.3) is 0 Å². The van der Waals surface area contributed by atoms with E-state index >= 15 is 0 Å². The van der Waals surface area contributed by atoms with Gasteiger partial charge in [0.05, 0.1) is 31.2 Å². The van der Waals surface area contributed by atoms with E-state index in [0.717, 1.165) is 12.1 Å². The number of rotatable bonds is 12. The molecular weight excluding hydrogens is 662 g/mol. The van der Waals surface area contributed by atoms with Crippen molar-refractivity contribution in [2.24, 2.45) is 5.92 Å². The van der Waals surface area contributed by atoms with E-state index in [9.17, 15) is 31.2 Å². The molecule has 3 aromatic rings. The molecule has 14 heteroatoms. The summed E-state index contributed by atoms with van der Waals surface area (Å²) in [6.45, 7) is 4.70. The van der Waals surface area contributed by atoms with E-state index in [0.29, 0.717) is 22.5 Å². The molecule has 2 amide bonds. The molecule has 0 radical (unpaired) electrons. The Hall–Kier alpha value is -2.99. The predicted molar refractivity (Wildman–Crippen MR) is 166 cm³/mol.